The van der Waals surface area contributed by atoms with Gasteiger partial charge in [-0.2, -0.15) is 0 Å². The average molecular weight is 470 g/mol. The molecule has 1 saturated heterocycles. The number of urea groups is 1. The fraction of sp³-hybridized carbons (Fsp3) is 0.435. The van der Waals surface area contributed by atoms with Gasteiger partial charge in [0.2, 0.25) is 0 Å². The van der Waals surface area contributed by atoms with Crippen LogP contribution in [0.3, 0.4) is 0 Å². The van der Waals surface area contributed by atoms with Crippen molar-refractivity contribution in [1.82, 2.24) is 10.2 Å². The first-order valence-corrected chi connectivity index (χ1v) is 11.2. The number of rotatable bonds is 4. The molecule has 0 spiro atoms. The maximum Gasteiger partial charge on any atom is 0.317 e. The zero-order chi connectivity index (χ0) is 21.9. The molecular formula is C23H27Cl3N2O2. The molecule has 0 aromatic heterocycles. The molecule has 2 aromatic carbocycles. The van der Waals surface area contributed by atoms with Gasteiger partial charge in [-0.05, 0) is 63.4 Å². The van der Waals surface area contributed by atoms with E-state index in [1.165, 1.54) is 0 Å². The maximum absolute atomic E-state index is 12.4. The molecule has 0 bridgehead atoms. The number of carbonyl (C=O) groups is 1. The third-order valence-corrected chi connectivity index (χ3v) is 5.77. The van der Waals surface area contributed by atoms with Crippen LogP contribution in [0.4, 0.5) is 4.79 Å². The number of hydrogen-bond donors (Lipinski definition) is 1. The van der Waals surface area contributed by atoms with Gasteiger partial charge in [-0.3, -0.25) is 0 Å². The SMILES string of the molecule is CC(C)(C)NC(=O)N1CCC(OC(c2ccc(Cl)cc2)c2ccc(Cl)cc2Cl)CC1. The van der Waals surface area contributed by atoms with Gasteiger partial charge in [-0.25, -0.2) is 4.79 Å². The molecule has 2 aromatic rings. The normalized spacial score (nSPS) is 16.4. The second-order valence-corrected chi connectivity index (χ2v) is 9.88. The van der Waals surface area contributed by atoms with Crippen molar-refractivity contribution in [2.75, 3.05) is 13.1 Å². The Morgan fingerprint density at radius 2 is 1.63 bits per heavy atom. The van der Waals surface area contributed by atoms with E-state index in [0.717, 1.165) is 24.0 Å². The zero-order valence-corrected chi connectivity index (χ0v) is 19.7. The van der Waals surface area contributed by atoms with E-state index in [1.807, 2.05) is 62.1 Å². The highest BCUT2D eigenvalue weighted by Gasteiger charge is 2.29. The van der Waals surface area contributed by atoms with Crippen LogP contribution in [-0.4, -0.2) is 35.7 Å². The van der Waals surface area contributed by atoms with Crippen LogP contribution >= 0.6 is 34.8 Å². The summed E-state index contributed by atoms with van der Waals surface area (Å²) in [5.74, 6) is 0. The van der Waals surface area contributed by atoms with Crippen molar-refractivity contribution in [2.45, 2.75) is 51.4 Å². The number of nitrogens with one attached hydrogen (secondary N) is 1. The lowest BCUT2D eigenvalue weighted by atomic mass is 10.00. The van der Waals surface area contributed by atoms with Crippen molar-refractivity contribution in [3.63, 3.8) is 0 Å². The molecule has 0 radical (unpaired) electrons. The second kappa shape index (κ2) is 9.78. The van der Waals surface area contributed by atoms with E-state index in [2.05, 4.69) is 5.32 Å². The van der Waals surface area contributed by atoms with Crippen LogP contribution in [0.2, 0.25) is 15.1 Å². The Balaban J connectivity index is 1.73. The number of ether oxygens (including phenoxy) is 1. The minimum absolute atomic E-state index is 0.0103. The fourth-order valence-electron chi connectivity index (χ4n) is 3.47. The average Bonchev–Trinajstić information content (AvgIpc) is 2.66. The topological polar surface area (TPSA) is 41.6 Å². The molecule has 2 amide bonds. The molecule has 0 saturated carbocycles. The molecule has 1 heterocycles. The smallest absolute Gasteiger partial charge is 0.317 e. The fourth-order valence-corrected chi connectivity index (χ4v) is 4.10. The van der Waals surface area contributed by atoms with Crippen LogP contribution in [-0.2, 0) is 4.74 Å². The Labute approximate surface area is 193 Å². The summed E-state index contributed by atoms with van der Waals surface area (Å²) in [6.45, 7) is 7.23. The van der Waals surface area contributed by atoms with E-state index in [9.17, 15) is 4.79 Å². The lowest BCUT2D eigenvalue weighted by molar-refractivity contribution is -0.0214. The monoisotopic (exact) mass is 468 g/mol. The molecule has 1 aliphatic rings. The van der Waals surface area contributed by atoms with E-state index in [-0.39, 0.29) is 23.8 Å². The second-order valence-electron chi connectivity index (χ2n) is 8.60. The van der Waals surface area contributed by atoms with Crippen LogP contribution < -0.4 is 5.32 Å². The molecule has 30 heavy (non-hydrogen) atoms. The van der Waals surface area contributed by atoms with Crippen molar-refractivity contribution in [1.29, 1.82) is 0 Å². The summed E-state index contributed by atoms with van der Waals surface area (Å²) in [6, 6.07) is 13.0. The predicted molar refractivity (Wildman–Crippen MR) is 124 cm³/mol. The van der Waals surface area contributed by atoms with E-state index in [0.29, 0.717) is 28.2 Å². The minimum Gasteiger partial charge on any atom is -0.365 e. The van der Waals surface area contributed by atoms with E-state index in [4.69, 9.17) is 39.5 Å². The Morgan fingerprint density at radius 1 is 1.03 bits per heavy atom. The van der Waals surface area contributed by atoms with Gasteiger partial charge in [0.15, 0.2) is 0 Å². The molecule has 1 aliphatic heterocycles. The van der Waals surface area contributed by atoms with Crippen LogP contribution in [0.25, 0.3) is 0 Å². The van der Waals surface area contributed by atoms with Crippen LogP contribution in [0.15, 0.2) is 42.5 Å². The number of hydrogen-bond acceptors (Lipinski definition) is 2. The van der Waals surface area contributed by atoms with Gasteiger partial charge in [-0.15, -0.1) is 0 Å². The molecule has 7 heteroatoms. The summed E-state index contributed by atoms with van der Waals surface area (Å²) in [4.78, 5) is 14.3. The first-order valence-electron chi connectivity index (χ1n) is 10.1. The minimum atomic E-state index is -0.341. The van der Waals surface area contributed by atoms with Crippen LogP contribution in [0.1, 0.15) is 50.8 Å². The summed E-state index contributed by atoms with van der Waals surface area (Å²) in [6.07, 6.45) is 1.18. The maximum atomic E-state index is 12.4. The van der Waals surface area contributed by atoms with Gasteiger partial charge in [0.1, 0.15) is 6.10 Å². The van der Waals surface area contributed by atoms with E-state index >= 15 is 0 Å². The number of halogens is 3. The highest BCUT2D eigenvalue weighted by atomic mass is 35.5. The molecule has 0 aliphatic carbocycles. The number of nitrogens with zero attached hydrogens (tertiary/aromatic N) is 1. The summed E-state index contributed by atoms with van der Waals surface area (Å²) in [5, 5.41) is 4.82. The summed E-state index contributed by atoms with van der Waals surface area (Å²) in [7, 11) is 0. The van der Waals surface area contributed by atoms with Crippen LogP contribution in [0, 0.1) is 0 Å². The quantitative estimate of drug-likeness (QED) is 0.539. The molecule has 4 nitrogen and oxygen atoms in total. The Morgan fingerprint density at radius 3 is 2.20 bits per heavy atom. The third-order valence-electron chi connectivity index (χ3n) is 4.96. The first-order chi connectivity index (χ1) is 14.1. The first kappa shape index (κ1) is 23.2. The van der Waals surface area contributed by atoms with Crippen molar-refractivity contribution < 1.29 is 9.53 Å². The summed E-state index contributed by atoms with van der Waals surface area (Å²) in [5.41, 5.74) is 1.57. The van der Waals surface area contributed by atoms with Crippen molar-refractivity contribution >= 4 is 40.8 Å². The highest BCUT2D eigenvalue weighted by Crippen LogP contribution is 2.35. The van der Waals surface area contributed by atoms with E-state index in [1.54, 1.807) is 6.07 Å². The molecule has 1 N–H and O–H groups in total. The van der Waals surface area contributed by atoms with Gasteiger partial charge in [0.05, 0.1) is 6.10 Å². The molecule has 1 fully saturated rings. The number of likely N-dealkylation sites (tertiary alicyclic amines) is 1. The lowest BCUT2D eigenvalue weighted by Gasteiger charge is -2.36. The number of carbonyl (C=O) groups excluding carboxylic acids is 1. The lowest BCUT2D eigenvalue weighted by Crippen LogP contribution is -2.51. The van der Waals surface area contributed by atoms with Gasteiger partial charge in [-0.1, -0.05) is 53.0 Å². The standard InChI is InChI=1S/C23H27Cl3N2O2/c1-23(2,3)27-22(29)28-12-10-18(11-13-28)30-21(15-4-6-16(24)7-5-15)19-9-8-17(25)14-20(19)26/h4-9,14,18,21H,10-13H2,1-3H3,(H,27,29). The highest BCUT2D eigenvalue weighted by molar-refractivity contribution is 6.35. The molecule has 1 atom stereocenters. The van der Waals surface area contributed by atoms with Gasteiger partial charge in [0.25, 0.3) is 0 Å². The third kappa shape index (κ3) is 6.27. The van der Waals surface area contributed by atoms with Crippen molar-refractivity contribution in [3.05, 3.63) is 68.7 Å². The summed E-state index contributed by atoms with van der Waals surface area (Å²) < 4.78 is 6.52. The molecular weight excluding hydrogens is 443 g/mol. The van der Waals surface area contributed by atoms with E-state index < -0.39 is 0 Å². The Bertz CT molecular complexity index is 873. The number of piperidine rings is 1. The summed E-state index contributed by atoms with van der Waals surface area (Å²) >= 11 is 18.7. The van der Waals surface area contributed by atoms with Gasteiger partial charge >= 0.3 is 6.03 Å². The Hall–Kier alpha value is -1.46. The molecule has 1 unspecified atom stereocenters. The number of benzene rings is 2. The molecule has 162 valence electrons. The van der Waals surface area contributed by atoms with Crippen LogP contribution in [0.5, 0.6) is 0 Å². The number of amides is 2. The molecule has 3 rings (SSSR count). The van der Waals surface area contributed by atoms with Gasteiger partial charge in [0, 0.05) is 39.3 Å². The van der Waals surface area contributed by atoms with Crippen molar-refractivity contribution in [3.8, 4) is 0 Å². The van der Waals surface area contributed by atoms with Crippen molar-refractivity contribution in [2.24, 2.45) is 0 Å². The zero-order valence-electron chi connectivity index (χ0n) is 17.4. The van der Waals surface area contributed by atoms with Gasteiger partial charge < -0.3 is 15.0 Å². The largest absolute Gasteiger partial charge is 0.365 e. The predicted octanol–water partition coefficient (Wildman–Crippen LogP) is 6.73. The Kier molecular flexibility index (Phi) is 7.56.